The van der Waals surface area contributed by atoms with E-state index in [2.05, 4.69) is 15.6 Å². The van der Waals surface area contributed by atoms with Crippen molar-refractivity contribution in [3.63, 3.8) is 0 Å². The van der Waals surface area contributed by atoms with Gasteiger partial charge in [-0.15, -0.1) is 5.10 Å². The van der Waals surface area contributed by atoms with Crippen molar-refractivity contribution in [1.29, 1.82) is 0 Å². The summed E-state index contributed by atoms with van der Waals surface area (Å²) in [4.78, 5) is 13.2. The fourth-order valence-corrected chi connectivity index (χ4v) is 3.81. The third-order valence-corrected chi connectivity index (χ3v) is 5.31. The molecule has 1 aliphatic heterocycles. The monoisotopic (exact) mass is 396 g/mol. The van der Waals surface area contributed by atoms with Gasteiger partial charge in [-0.05, 0) is 43.7 Å². The van der Waals surface area contributed by atoms with E-state index in [0.717, 1.165) is 33.9 Å². The van der Waals surface area contributed by atoms with Crippen LogP contribution in [0.5, 0.6) is 11.5 Å². The molecule has 1 aliphatic rings. The topological polar surface area (TPSA) is 69.0 Å². The van der Waals surface area contributed by atoms with Crippen molar-refractivity contribution in [3.8, 4) is 17.2 Å². The number of nitrogens with one attached hydrogen (secondary N) is 1. The number of aromatic nitrogens is 3. The molecule has 30 heavy (non-hydrogen) atoms. The Kier molecular flexibility index (Phi) is 4.32. The number of hydrogen-bond acceptors (Lipinski definition) is 4. The van der Waals surface area contributed by atoms with E-state index in [4.69, 9.17) is 4.74 Å². The maximum absolute atomic E-state index is 13.2. The molecule has 0 radical (unpaired) electrons. The van der Waals surface area contributed by atoms with Crippen LogP contribution in [0.25, 0.3) is 5.69 Å². The average molecular weight is 396 g/mol. The summed E-state index contributed by atoms with van der Waals surface area (Å²) >= 11 is 0. The molecule has 2 heterocycles. The van der Waals surface area contributed by atoms with Gasteiger partial charge in [0.05, 0.1) is 17.4 Å². The van der Waals surface area contributed by atoms with Crippen molar-refractivity contribution < 1.29 is 9.53 Å². The molecule has 6 nitrogen and oxygen atoms in total. The highest BCUT2D eigenvalue weighted by Crippen LogP contribution is 2.42. The highest BCUT2D eigenvalue weighted by molar-refractivity contribution is 5.94. The first-order valence-electron chi connectivity index (χ1n) is 9.78. The van der Waals surface area contributed by atoms with Gasteiger partial charge in [0.1, 0.15) is 11.5 Å². The van der Waals surface area contributed by atoms with Gasteiger partial charge >= 0.3 is 0 Å². The SMILES string of the molecule is Cc1cccc(-n2nnc(C(=O)NC3c4ccccc4Oc4ccccc43)c2C)c1. The number of carbonyl (C=O) groups excluding carboxylic acids is 1. The first-order chi connectivity index (χ1) is 14.6. The normalized spacial score (nSPS) is 12.6. The number of ether oxygens (including phenoxy) is 1. The lowest BCUT2D eigenvalue weighted by Gasteiger charge is -2.28. The van der Waals surface area contributed by atoms with Gasteiger partial charge in [-0.3, -0.25) is 4.79 Å². The number of rotatable bonds is 3. The number of carbonyl (C=O) groups is 1. The van der Waals surface area contributed by atoms with Gasteiger partial charge in [-0.25, -0.2) is 4.68 Å². The number of benzene rings is 3. The summed E-state index contributed by atoms with van der Waals surface area (Å²) < 4.78 is 7.70. The van der Waals surface area contributed by atoms with Crippen molar-refractivity contribution in [3.05, 3.63) is 101 Å². The number of para-hydroxylation sites is 2. The Balaban J connectivity index is 1.50. The number of fused-ring (bicyclic) bond motifs is 2. The minimum absolute atomic E-state index is 0.275. The van der Waals surface area contributed by atoms with Crippen LogP contribution in [0.2, 0.25) is 0 Å². The van der Waals surface area contributed by atoms with E-state index in [1.54, 1.807) is 4.68 Å². The van der Waals surface area contributed by atoms with Gasteiger partial charge in [0.15, 0.2) is 5.69 Å². The molecule has 5 rings (SSSR count). The molecular weight excluding hydrogens is 376 g/mol. The van der Waals surface area contributed by atoms with E-state index in [1.165, 1.54) is 0 Å². The Morgan fingerprint density at radius 2 is 1.60 bits per heavy atom. The zero-order chi connectivity index (χ0) is 20.7. The van der Waals surface area contributed by atoms with Crippen molar-refractivity contribution in [2.75, 3.05) is 0 Å². The zero-order valence-corrected chi connectivity index (χ0v) is 16.7. The predicted molar refractivity (Wildman–Crippen MR) is 113 cm³/mol. The van der Waals surface area contributed by atoms with E-state index in [9.17, 15) is 4.79 Å². The minimum Gasteiger partial charge on any atom is -0.457 e. The summed E-state index contributed by atoms with van der Waals surface area (Å²) in [5.74, 6) is 1.20. The lowest BCUT2D eigenvalue weighted by molar-refractivity contribution is 0.0935. The second-order valence-electron chi connectivity index (χ2n) is 7.36. The molecule has 0 saturated heterocycles. The second-order valence-corrected chi connectivity index (χ2v) is 7.36. The quantitative estimate of drug-likeness (QED) is 0.553. The van der Waals surface area contributed by atoms with Crippen LogP contribution >= 0.6 is 0 Å². The van der Waals surface area contributed by atoms with E-state index in [0.29, 0.717) is 11.4 Å². The Morgan fingerprint density at radius 1 is 0.933 bits per heavy atom. The molecule has 6 heteroatoms. The molecule has 0 bridgehead atoms. The van der Waals surface area contributed by atoms with Gasteiger partial charge < -0.3 is 10.1 Å². The molecule has 3 aromatic carbocycles. The molecule has 4 aromatic rings. The lowest BCUT2D eigenvalue weighted by Crippen LogP contribution is -2.32. The lowest BCUT2D eigenvalue weighted by atomic mass is 9.94. The number of aryl methyl sites for hydroxylation is 1. The fraction of sp³-hybridized carbons (Fsp3) is 0.125. The summed E-state index contributed by atoms with van der Waals surface area (Å²) in [5, 5.41) is 11.5. The van der Waals surface area contributed by atoms with Crippen LogP contribution in [0.1, 0.15) is 38.9 Å². The van der Waals surface area contributed by atoms with Crippen LogP contribution in [0, 0.1) is 13.8 Å². The van der Waals surface area contributed by atoms with Crippen molar-refractivity contribution >= 4 is 5.91 Å². The van der Waals surface area contributed by atoms with E-state index in [1.807, 2.05) is 86.6 Å². The molecule has 0 atom stereocenters. The standard InChI is InChI=1S/C24H20N4O2/c1-15-8-7-9-17(14-15)28-16(2)22(26-27-28)24(29)25-23-18-10-3-5-12-20(18)30-21-13-6-4-11-19(21)23/h3-14,23H,1-2H3,(H,25,29). The smallest absolute Gasteiger partial charge is 0.274 e. The molecule has 1 amide bonds. The first-order valence-corrected chi connectivity index (χ1v) is 9.78. The largest absolute Gasteiger partial charge is 0.457 e. The molecular formula is C24H20N4O2. The molecule has 148 valence electrons. The van der Waals surface area contributed by atoms with Gasteiger partial charge in [0.2, 0.25) is 0 Å². The summed E-state index contributed by atoms with van der Waals surface area (Å²) in [6, 6.07) is 23.1. The predicted octanol–water partition coefficient (Wildman–Crippen LogP) is 4.51. The third kappa shape index (κ3) is 3.03. The summed E-state index contributed by atoms with van der Waals surface area (Å²) in [5.41, 5.74) is 4.80. The maximum atomic E-state index is 13.2. The van der Waals surface area contributed by atoms with E-state index >= 15 is 0 Å². The van der Waals surface area contributed by atoms with Crippen LogP contribution < -0.4 is 10.1 Å². The molecule has 0 aliphatic carbocycles. The van der Waals surface area contributed by atoms with Crippen molar-refractivity contribution in [2.45, 2.75) is 19.9 Å². The molecule has 0 fully saturated rings. The summed E-state index contributed by atoms with van der Waals surface area (Å²) in [6.45, 7) is 3.87. The average Bonchev–Trinajstić information content (AvgIpc) is 3.15. The molecule has 1 aromatic heterocycles. The Hall–Kier alpha value is -3.93. The van der Waals surface area contributed by atoms with Gasteiger partial charge in [0, 0.05) is 11.1 Å². The zero-order valence-electron chi connectivity index (χ0n) is 16.7. The van der Waals surface area contributed by atoms with Gasteiger partial charge in [-0.2, -0.15) is 0 Å². The highest BCUT2D eigenvalue weighted by atomic mass is 16.5. The number of nitrogens with zero attached hydrogens (tertiary/aromatic N) is 3. The van der Waals surface area contributed by atoms with Gasteiger partial charge in [-0.1, -0.05) is 53.7 Å². The minimum atomic E-state index is -0.331. The maximum Gasteiger partial charge on any atom is 0.274 e. The van der Waals surface area contributed by atoms with Crippen molar-refractivity contribution in [2.24, 2.45) is 0 Å². The van der Waals surface area contributed by atoms with E-state index < -0.39 is 0 Å². The number of amides is 1. The Bertz CT molecular complexity index is 1220. The second kappa shape index (κ2) is 7.15. The summed E-state index contributed by atoms with van der Waals surface area (Å²) in [7, 11) is 0. The summed E-state index contributed by atoms with van der Waals surface area (Å²) in [6.07, 6.45) is 0. The molecule has 0 saturated carbocycles. The van der Waals surface area contributed by atoms with E-state index in [-0.39, 0.29) is 11.9 Å². The molecule has 1 N–H and O–H groups in total. The van der Waals surface area contributed by atoms with Crippen LogP contribution in [-0.4, -0.2) is 20.9 Å². The Labute approximate surface area is 174 Å². The van der Waals surface area contributed by atoms with Crippen LogP contribution in [0.3, 0.4) is 0 Å². The molecule has 0 spiro atoms. The molecule has 0 unspecified atom stereocenters. The first kappa shape index (κ1) is 18.1. The Morgan fingerprint density at radius 3 is 2.27 bits per heavy atom. The van der Waals surface area contributed by atoms with Crippen molar-refractivity contribution in [1.82, 2.24) is 20.3 Å². The van der Waals surface area contributed by atoms with Crippen LogP contribution in [0.4, 0.5) is 0 Å². The van der Waals surface area contributed by atoms with Crippen LogP contribution in [-0.2, 0) is 0 Å². The van der Waals surface area contributed by atoms with Gasteiger partial charge in [0.25, 0.3) is 5.91 Å². The fourth-order valence-electron chi connectivity index (χ4n) is 3.81. The van der Waals surface area contributed by atoms with Crippen LogP contribution in [0.15, 0.2) is 72.8 Å². The highest BCUT2D eigenvalue weighted by Gasteiger charge is 2.29. The third-order valence-electron chi connectivity index (χ3n) is 5.31. The number of hydrogen-bond donors (Lipinski definition) is 1.